The number of aromatic nitrogens is 6. The number of hydrogen-bond donors (Lipinski definition) is 2. The van der Waals surface area contributed by atoms with E-state index < -0.39 is 5.91 Å². The van der Waals surface area contributed by atoms with Crippen LogP contribution in [0.5, 0.6) is 0 Å². The molecule has 0 aliphatic carbocycles. The molecule has 0 unspecified atom stereocenters. The second kappa shape index (κ2) is 5.82. The Bertz CT molecular complexity index is 1080. The number of carbonyl (C=O) groups excluding carboxylic acids is 1. The lowest BCUT2D eigenvalue weighted by molar-refractivity contribution is -0.117. The lowest BCUT2D eigenvalue weighted by Crippen LogP contribution is -2.14. The molecule has 0 aliphatic heterocycles. The molecule has 0 bridgehead atoms. The van der Waals surface area contributed by atoms with Crippen LogP contribution in [0, 0.1) is 6.92 Å². The third kappa shape index (κ3) is 2.74. The first-order valence-electron chi connectivity index (χ1n) is 7.71. The molecule has 0 aliphatic rings. The van der Waals surface area contributed by atoms with Gasteiger partial charge in [-0.3, -0.25) is 9.78 Å². The molecule has 8 heteroatoms. The average Bonchev–Trinajstić information content (AvgIpc) is 3.20. The summed E-state index contributed by atoms with van der Waals surface area (Å²) in [5.41, 5.74) is 8.45. The highest BCUT2D eigenvalue weighted by molar-refractivity contribution is 5.78. The normalized spacial score (nSPS) is 11.1. The van der Waals surface area contributed by atoms with E-state index >= 15 is 0 Å². The predicted octanol–water partition coefficient (Wildman–Crippen LogP) is 1.54. The van der Waals surface area contributed by atoms with Crippen molar-refractivity contribution in [3.8, 4) is 17.2 Å². The van der Waals surface area contributed by atoms with Crippen molar-refractivity contribution in [3.63, 3.8) is 0 Å². The van der Waals surface area contributed by atoms with Crippen LogP contribution in [-0.4, -0.2) is 35.6 Å². The van der Waals surface area contributed by atoms with Gasteiger partial charge in [-0.1, -0.05) is 0 Å². The number of carbonyl (C=O) groups is 1. The second-order valence-corrected chi connectivity index (χ2v) is 5.68. The number of pyridine rings is 2. The number of aromatic amines is 1. The van der Waals surface area contributed by atoms with Gasteiger partial charge < -0.3 is 10.7 Å². The summed E-state index contributed by atoms with van der Waals surface area (Å²) in [6, 6.07) is 7.62. The maximum atomic E-state index is 11.3. The minimum Gasteiger partial charge on any atom is -0.369 e. The molecule has 0 aromatic carbocycles. The lowest BCUT2D eigenvalue weighted by atomic mass is 10.2. The van der Waals surface area contributed by atoms with Crippen LogP contribution in [0.2, 0.25) is 0 Å². The zero-order valence-electron chi connectivity index (χ0n) is 13.5. The van der Waals surface area contributed by atoms with Crippen molar-refractivity contribution in [1.29, 1.82) is 0 Å². The first-order valence-corrected chi connectivity index (χ1v) is 7.71. The number of hydrogen-bond acceptors (Lipinski definition) is 5. The Labute approximate surface area is 142 Å². The lowest BCUT2D eigenvalue weighted by Gasteiger charge is -2.08. The van der Waals surface area contributed by atoms with Crippen molar-refractivity contribution in [2.24, 2.45) is 5.73 Å². The van der Waals surface area contributed by atoms with Crippen LogP contribution in [-0.2, 0) is 11.2 Å². The minimum atomic E-state index is -0.483. The molecule has 8 nitrogen and oxygen atoms in total. The molecule has 0 fully saturated rings. The van der Waals surface area contributed by atoms with E-state index in [-0.39, 0.29) is 6.42 Å². The number of aryl methyl sites for hydroxylation is 1. The molecule has 0 saturated heterocycles. The molecule has 124 valence electrons. The molecule has 0 radical (unpaired) electrons. The number of amides is 1. The molecule has 0 spiro atoms. The summed E-state index contributed by atoms with van der Waals surface area (Å²) >= 11 is 0. The first kappa shape index (κ1) is 15.0. The van der Waals surface area contributed by atoms with Gasteiger partial charge in [-0.15, -0.1) is 0 Å². The van der Waals surface area contributed by atoms with Gasteiger partial charge in [0.25, 0.3) is 0 Å². The Kier molecular flexibility index (Phi) is 3.50. The minimum absolute atomic E-state index is 0.0329. The van der Waals surface area contributed by atoms with Gasteiger partial charge in [0.05, 0.1) is 12.1 Å². The summed E-state index contributed by atoms with van der Waals surface area (Å²) in [5.74, 6) is 0.414. The smallest absolute Gasteiger partial charge is 0.225 e. The number of nitrogens with one attached hydrogen (secondary N) is 1. The highest BCUT2D eigenvalue weighted by Crippen LogP contribution is 2.23. The van der Waals surface area contributed by atoms with Gasteiger partial charge in [-0.25, -0.2) is 14.6 Å². The van der Waals surface area contributed by atoms with E-state index in [1.807, 2.05) is 37.4 Å². The molecule has 0 atom stereocenters. The van der Waals surface area contributed by atoms with Crippen molar-refractivity contribution in [2.75, 3.05) is 0 Å². The van der Waals surface area contributed by atoms with Crippen LogP contribution in [0.4, 0.5) is 0 Å². The summed E-state index contributed by atoms with van der Waals surface area (Å²) in [5, 5.41) is 5.46. The van der Waals surface area contributed by atoms with E-state index in [1.54, 1.807) is 17.1 Å². The number of rotatable bonds is 4. The van der Waals surface area contributed by atoms with Crippen LogP contribution in [0.15, 0.2) is 42.9 Å². The second-order valence-electron chi connectivity index (χ2n) is 5.68. The van der Waals surface area contributed by atoms with Crippen LogP contribution in [0.1, 0.15) is 11.4 Å². The van der Waals surface area contributed by atoms with E-state index in [2.05, 4.69) is 25.0 Å². The predicted molar refractivity (Wildman–Crippen MR) is 91.9 cm³/mol. The summed E-state index contributed by atoms with van der Waals surface area (Å²) in [7, 11) is 0. The molecular weight excluding hydrogens is 318 g/mol. The van der Waals surface area contributed by atoms with Gasteiger partial charge in [0.2, 0.25) is 5.91 Å². The molecule has 25 heavy (non-hydrogen) atoms. The molecule has 4 rings (SSSR count). The van der Waals surface area contributed by atoms with Crippen molar-refractivity contribution in [3.05, 3.63) is 54.2 Å². The number of H-pyrrole nitrogens is 1. The fourth-order valence-electron chi connectivity index (χ4n) is 2.68. The van der Waals surface area contributed by atoms with E-state index in [0.717, 1.165) is 22.3 Å². The standard InChI is InChI=1S/C17H15N7O/c1-10-9-19-6-5-13(10)24-17(22-15(23-24)8-14(18)25)12-3-2-11-4-7-20-16(11)21-12/h2-7,9H,8H2,1H3,(H2,18,25)(H,20,21). The van der Waals surface area contributed by atoms with Gasteiger partial charge in [0.1, 0.15) is 11.3 Å². The SMILES string of the molecule is Cc1cnccc1-n1nc(CC(N)=O)nc1-c1ccc2cc[nH]c2n1. The average molecular weight is 333 g/mol. The van der Waals surface area contributed by atoms with Crippen molar-refractivity contribution in [1.82, 2.24) is 29.7 Å². The maximum absolute atomic E-state index is 11.3. The van der Waals surface area contributed by atoms with Crippen LogP contribution < -0.4 is 5.73 Å². The Morgan fingerprint density at radius 1 is 1.24 bits per heavy atom. The highest BCUT2D eigenvalue weighted by Gasteiger charge is 2.17. The van der Waals surface area contributed by atoms with E-state index in [4.69, 9.17) is 5.73 Å². The molecule has 4 aromatic rings. The fraction of sp³-hybridized carbons (Fsp3) is 0.118. The van der Waals surface area contributed by atoms with E-state index in [9.17, 15) is 4.79 Å². The number of nitrogens with two attached hydrogens (primary N) is 1. The molecule has 4 aromatic heterocycles. The van der Waals surface area contributed by atoms with Crippen LogP contribution >= 0.6 is 0 Å². The quantitative estimate of drug-likeness (QED) is 0.588. The zero-order valence-corrected chi connectivity index (χ0v) is 13.5. The van der Waals surface area contributed by atoms with Gasteiger partial charge in [0, 0.05) is 24.0 Å². The third-order valence-corrected chi connectivity index (χ3v) is 3.84. The highest BCUT2D eigenvalue weighted by atomic mass is 16.1. The molecule has 1 amide bonds. The van der Waals surface area contributed by atoms with Crippen LogP contribution in [0.3, 0.4) is 0 Å². The van der Waals surface area contributed by atoms with Crippen LogP contribution in [0.25, 0.3) is 28.2 Å². The molecular formula is C17H15N7O. The van der Waals surface area contributed by atoms with Gasteiger partial charge in [-0.2, -0.15) is 5.10 Å². The van der Waals surface area contributed by atoms with Gasteiger partial charge in [-0.05, 0) is 36.8 Å². The zero-order chi connectivity index (χ0) is 17.4. The Hall–Kier alpha value is -3.55. The fourth-order valence-corrected chi connectivity index (χ4v) is 2.68. The van der Waals surface area contributed by atoms with Gasteiger partial charge in [0.15, 0.2) is 11.6 Å². The summed E-state index contributed by atoms with van der Waals surface area (Å²) in [6.07, 6.45) is 5.23. The van der Waals surface area contributed by atoms with E-state index in [1.165, 1.54) is 0 Å². The Morgan fingerprint density at radius 2 is 2.12 bits per heavy atom. The molecule has 4 heterocycles. The maximum Gasteiger partial charge on any atom is 0.225 e. The van der Waals surface area contributed by atoms with E-state index in [0.29, 0.717) is 17.3 Å². The molecule has 0 saturated carbocycles. The number of primary amides is 1. The summed E-state index contributed by atoms with van der Waals surface area (Å²) < 4.78 is 1.67. The largest absolute Gasteiger partial charge is 0.369 e. The number of fused-ring (bicyclic) bond motifs is 1. The summed E-state index contributed by atoms with van der Waals surface area (Å²) in [6.45, 7) is 1.93. The molecule has 3 N–H and O–H groups in total. The Balaban J connectivity index is 1.91. The third-order valence-electron chi connectivity index (χ3n) is 3.84. The van der Waals surface area contributed by atoms with Gasteiger partial charge >= 0.3 is 0 Å². The van der Waals surface area contributed by atoms with Crippen molar-refractivity contribution in [2.45, 2.75) is 13.3 Å². The summed E-state index contributed by atoms with van der Waals surface area (Å²) in [4.78, 5) is 27.6. The topological polar surface area (TPSA) is 115 Å². The first-order chi connectivity index (χ1) is 12.1. The Morgan fingerprint density at radius 3 is 2.92 bits per heavy atom. The van der Waals surface area contributed by atoms with Crippen molar-refractivity contribution < 1.29 is 4.79 Å². The van der Waals surface area contributed by atoms with Crippen molar-refractivity contribution >= 4 is 16.9 Å². The monoisotopic (exact) mass is 333 g/mol. The number of nitrogens with zero attached hydrogens (tertiary/aromatic N) is 5.